The van der Waals surface area contributed by atoms with E-state index in [0.29, 0.717) is 28.5 Å². The normalized spacial score (nSPS) is 10.7. The van der Waals surface area contributed by atoms with Crippen LogP contribution in [0, 0.1) is 0 Å². The molecular weight excluding hydrogens is 412 g/mol. The van der Waals surface area contributed by atoms with Crippen LogP contribution >= 0.6 is 11.3 Å². The molecule has 0 radical (unpaired) electrons. The number of carbonyl (C=O) groups excluding carboxylic acids is 1. The summed E-state index contributed by atoms with van der Waals surface area (Å²) < 4.78 is 17.1. The van der Waals surface area contributed by atoms with Crippen molar-refractivity contribution in [3.05, 3.63) is 76.8 Å². The minimum Gasteiger partial charge on any atom is -0.493 e. The van der Waals surface area contributed by atoms with E-state index in [9.17, 15) is 4.79 Å². The molecule has 1 aromatic heterocycles. The first-order valence-corrected chi connectivity index (χ1v) is 10.5. The molecule has 0 fully saturated rings. The van der Waals surface area contributed by atoms with E-state index < -0.39 is 0 Å². The lowest BCUT2D eigenvalue weighted by atomic mass is 10.1. The van der Waals surface area contributed by atoms with Gasteiger partial charge >= 0.3 is 0 Å². The number of aromatic nitrogens is 1. The predicted molar refractivity (Wildman–Crippen MR) is 123 cm³/mol. The first kappa shape index (κ1) is 20.7. The number of ether oxygens (including phenoxy) is 3. The topological polar surface area (TPSA) is 69.7 Å². The van der Waals surface area contributed by atoms with Crippen LogP contribution in [0.25, 0.3) is 10.2 Å². The maximum Gasteiger partial charge on any atom is 0.255 e. The molecule has 6 nitrogen and oxygen atoms in total. The molecule has 3 aromatic carbocycles. The number of anilines is 1. The molecule has 0 aliphatic carbocycles. The van der Waals surface area contributed by atoms with Crippen molar-refractivity contribution in [2.45, 2.75) is 6.42 Å². The van der Waals surface area contributed by atoms with E-state index in [1.54, 1.807) is 23.5 Å². The third-order valence-electron chi connectivity index (χ3n) is 4.83. The first-order chi connectivity index (χ1) is 15.1. The quantitative estimate of drug-likeness (QED) is 0.435. The summed E-state index contributed by atoms with van der Waals surface area (Å²) in [4.78, 5) is 17.4. The Bertz CT molecular complexity index is 1160. The highest BCUT2D eigenvalue weighted by molar-refractivity contribution is 7.18. The van der Waals surface area contributed by atoms with Crippen LogP contribution in [0.5, 0.6) is 17.2 Å². The van der Waals surface area contributed by atoms with Gasteiger partial charge in [-0.15, -0.1) is 11.3 Å². The van der Waals surface area contributed by atoms with Crippen LogP contribution in [0.1, 0.15) is 20.9 Å². The van der Waals surface area contributed by atoms with E-state index in [4.69, 9.17) is 14.2 Å². The van der Waals surface area contributed by atoms with Crippen LogP contribution < -0.4 is 19.5 Å². The van der Waals surface area contributed by atoms with Crippen LogP contribution in [0.4, 0.5) is 5.69 Å². The Labute approximate surface area is 184 Å². The van der Waals surface area contributed by atoms with Crippen molar-refractivity contribution in [3.63, 3.8) is 0 Å². The van der Waals surface area contributed by atoms with E-state index in [0.717, 1.165) is 22.5 Å². The van der Waals surface area contributed by atoms with Gasteiger partial charge in [0.25, 0.3) is 5.91 Å². The van der Waals surface area contributed by atoms with Gasteiger partial charge in [0.15, 0.2) is 11.5 Å². The highest BCUT2D eigenvalue weighted by Gasteiger charge is 2.17. The third kappa shape index (κ3) is 4.46. The second-order valence-corrected chi connectivity index (χ2v) is 7.93. The van der Waals surface area contributed by atoms with Gasteiger partial charge in [-0.3, -0.25) is 4.79 Å². The number of thiazole rings is 1. The lowest BCUT2D eigenvalue weighted by molar-refractivity contribution is 0.102. The molecule has 31 heavy (non-hydrogen) atoms. The van der Waals surface area contributed by atoms with Crippen molar-refractivity contribution >= 4 is 33.1 Å². The Hall–Kier alpha value is -3.58. The highest BCUT2D eigenvalue weighted by Crippen LogP contribution is 2.38. The summed E-state index contributed by atoms with van der Waals surface area (Å²) in [6.07, 6.45) is 0.750. The SMILES string of the molecule is COc1cc(C(=O)Nc2ccc(Cc3nc4ccccc4s3)cc2)cc(OC)c1OC. The van der Waals surface area contributed by atoms with Gasteiger partial charge in [0.1, 0.15) is 0 Å². The summed E-state index contributed by atoms with van der Waals surface area (Å²) in [6, 6.07) is 19.1. The number of amides is 1. The monoisotopic (exact) mass is 434 g/mol. The maximum atomic E-state index is 12.8. The fourth-order valence-electron chi connectivity index (χ4n) is 3.29. The Morgan fingerprint density at radius 3 is 2.23 bits per heavy atom. The van der Waals surface area contributed by atoms with Crippen LogP contribution in [0.3, 0.4) is 0 Å². The summed E-state index contributed by atoms with van der Waals surface area (Å²) >= 11 is 1.70. The van der Waals surface area contributed by atoms with Gasteiger partial charge in [0, 0.05) is 17.7 Å². The van der Waals surface area contributed by atoms with Crippen molar-refractivity contribution < 1.29 is 19.0 Å². The van der Waals surface area contributed by atoms with Gasteiger partial charge in [0.05, 0.1) is 36.6 Å². The molecule has 0 saturated heterocycles. The largest absolute Gasteiger partial charge is 0.493 e. The average molecular weight is 435 g/mol. The number of hydrogen-bond acceptors (Lipinski definition) is 6. The van der Waals surface area contributed by atoms with Gasteiger partial charge in [-0.2, -0.15) is 0 Å². The third-order valence-corrected chi connectivity index (χ3v) is 5.87. The van der Waals surface area contributed by atoms with E-state index >= 15 is 0 Å². The van der Waals surface area contributed by atoms with Crippen LogP contribution in [0.15, 0.2) is 60.7 Å². The second kappa shape index (κ2) is 9.06. The molecule has 0 spiro atoms. The number of rotatable bonds is 7. The van der Waals surface area contributed by atoms with Gasteiger partial charge in [-0.1, -0.05) is 24.3 Å². The summed E-state index contributed by atoms with van der Waals surface area (Å²) in [6.45, 7) is 0. The summed E-state index contributed by atoms with van der Waals surface area (Å²) in [7, 11) is 4.56. The van der Waals surface area contributed by atoms with Gasteiger partial charge in [0.2, 0.25) is 5.75 Å². The van der Waals surface area contributed by atoms with Crippen LogP contribution in [-0.4, -0.2) is 32.2 Å². The molecule has 0 atom stereocenters. The van der Waals surface area contributed by atoms with E-state index in [2.05, 4.69) is 16.4 Å². The molecule has 0 aliphatic rings. The lowest BCUT2D eigenvalue weighted by Crippen LogP contribution is -2.12. The Kier molecular flexibility index (Phi) is 6.04. The lowest BCUT2D eigenvalue weighted by Gasteiger charge is -2.14. The molecule has 0 bridgehead atoms. The van der Waals surface area contributed by atoms with Gasteiger partial charge in [-0.05, 0) is 42.0 Å². The van der Waals surface area contributed by atoms with Crippen molar-refractivity contribution in [2.75, 3.05) is 26.6 Å². The first-order valence-electron chi connectivity index (χ1n) is 9.66. The minimum atomic E-state index is -0.266. The number of nitrogens with one attached hydrogen (secondary N) is 1. The molecule has 7 heteroatoms. The van der Waals surface area contributed by atoms with Crippen molar-refractivity contribution in [2.24, 2.45) is 0 Å². The molecule has 0 aliphatic heterocycles. The van der Waals surface area contributed by atoms with Gasteiger partial charge < -0.3 is 19.5 Å². The Balaban J connectivity index is 1.48. The van der Waals surface area contributed by atoms with E-state index in [-0.39, 0.29) is 5.91 Å². The molecule has 0 unspecified atom stereocenters. The molecule has 158 valence electrons. The number of methoxy groups -OCH3 is 3. The second-order valence-electron chi connectivity index (χ2n) is 6.82. The number of benzene rings is 3. The van der Waals surface area contributed by atoms with Crippen molar-refractivity contribution in [1.82, 2.24) is 4.98 Å². The van der Waals surface area contributed by atoms with E-state index in [1.165, 1.54) is 26.0 Å². The van der Waals surface area contributed by atoms with E-state index in [1.807, 2.05) is 42.5 Å². The number of fused-ring (bicyclic) bond motifs is 1. The molecular formula is C24H22N2O4S. The fraction of sp³-hybridized carbons (Fsp3) is 0.167. The predicted octanol–water partition coefficient (Wildman–Crippen LogP) is 5.17. The summed E-state index contributed by atoms with van der Waals surface area (Å²) in [5, 5.41) is 3.97. The fourth-order valence-corrected chi connectivity index (χ4v) is 4.29. The maximum absolute atomic E-state index is 12.8. The standard InChI is InChI=1S/C24H22N2O4S/c1-28-19-13-16(14-20(29-2)23(19)30-3)24(27)25-17-10-8-15(9-11-17)12-22-26-18-6-4-5-7-21(18)31-22/h4-11,13-14H,12H2,1-3H3,(H,25,27). The molecule has 1 N–H and O–H groups in total. The zero-order valence-electron chi connectivity index (χ0n) is 17.5. The Morgan fingerprint density at radius 2 is 1.61 bits per heavy atom. The van der Waals surface area contributed by atoms with Gasteiger partial charge in [-0.25, -0.2) is 4.98 Å². The molecule has 4 rings (SSSR count). The summed E-state index contributed by atoms with van der Waals surface area (Å²) in [5.74, 6) is 1.04. The smallest absolute Gasteiger partial charge is 0.255 e. The zero-order chi connectivity index (χ0) is 21.8. The molecule has 4 aromatic rings. The number of para-hydroxylation sites is 1. The molecule has 0 saturated carbocycles. The number of nitrogens with zero attached hydrogens (tertiary/aromatic N) is 1. The zero-order valence-corrected chi connectivity index (χ0v) is 18.3. The molecule has 1 amide bonds. The van der Waals surface area contributed by atoms with Crippen molar-refractivity contribution in [1.29, 1.82) is 0 Å². The summed E-state index contributed by atoms with van der Waals surface area (Å²) in [5.41, 5.74) is 3.27. The number of hydrogen-bond donors (Lipinski definition) is 1. The van der Waals surface area contributed by atoms with Crippen LogP contribution in [-0.2, 0) is 6.42 Å². The minimum absolute atomic E-state index is 0.266. The average Bonchev–Trinajstić information content (AvgIpc) is 3.21. The number of carbonyl (C=O) groups is 1. The molecule has 1 heterocycles. The van der Waals surface area contributed by atoms with Crippen molar-refractivity contribution in [3.8, 4) is 17.2 Å². The Morgan fingerprint density at radius 1 is 0.935 bits per heavy atom. The van der Waals surface area contributed by atoms with Crippen LogP contribution in [0.2, 0.25) is 0 Å². The highest BCUT2D eigenvalue weighted by atomic mass is 32.1.